The fraction of sp³-hybridized carbons (Fsp3) is 0.632. The van der Waals surface area contributed by atoms with Gasteiger partial charge in [0.05, 0.1) is 0 Å². The quantitative estimate of drug-likeness (QED) is 0.830. The largest absolute Gasteiger partial charge is 0.355 e. The molecule has 0 bridgehead atoms. The maximum absolute atomic E-state index is 11.6. The lowest BCUT2D eigenvalue weighted by Crippen LogP contribution is -2.31. The molecule has 1 fully saturated rings. The van der Waals surface area contributed by atoms with E-state index in [1.165, 1.54) is 50.6 Å². The second kappa shape index (κ2) is 8.94. The molecule has 0 unspecified atom stereocenters. The first-order valence-corrected chi connectivity index (χ1v) is 8.76. The molecule has 0 radical (unpaired) electrons. The average molecular weight is 302 g/mol. The van der Waals surface area contributed by atoms with Crippen molar-refractivity contribution in [2.24, 2.45) is 5.92 Å². The lowest BCUT2D eigenvalue weighted by atomic mass is 9.89. The Bertz CT molecular complexity index is 449. The van der Waals surface area contributed by atoms with Crippen LogP contribution in [0.3, 0.4) is 0 Å². The van der Waals surface area contributed by atoms with Gasteiger partial charge in [0.25, 0.3) is 5.91 Å². The van der Waals surface area contributed by atoms with Crippen LogP contribution in [0.5, 0.6) is 0 Å². The second-order valence-corrected chi connectivity index (χ2v) is 6.52. The predicted molar refractivity (Wildman–Crippen MR) is 92.0 cm³/mol. The molecular weight excluding hydrogens is 272 g/mol. The van der Waals surface area contributed by atoms with Gasteiger partial charge in [-0.1, -0.05) is 38.3 Å². The van der Waals surface area contributed by atoms with E-state index in [1.54, 1.807) is 7.05 Å². The molecule has 1 N–H and O–H groups in total. The van der Waals surface area contributed by atoms with E-state index in [9.17, 15) is 4.79 Å². The van der Waals surface area contributed by atoms with Crippen LogP contribution in [-0.2, 0) is 6.54 Å². The summed E-state index contributed by atoms with van der Waals surface area (Å²) in [6.45, 7) is 5.64. The van der Waals surface area contributed by atoms with Gasteiger partial charge < -0.3 is 5.32 Å². The molecule has 122 valence electrons. The Morgan fingerprint density at radius 3 is 2.45 bits per heavy atom. The summed E-state index contributed by atoms with van der Waals surface area (Å²) in [5, 5.41) is 2.67. The summed E-state index contributed by atoms with van der Waals surface area (Å²) >= 11 is 0. The number of rotatable bonds is 7. The minimum absolute atomic E-state index is 0.0147. The Kier molecular flexibility index (Phi) is 6.91. The van der Waals surface area contributed by atoms with Gasteiger partial charge in [-0.05, 0) is 49.4 Å². The van der Waals surface area contributed by atoms with E-state index in [4.69, 9.17) is 0 Å². The first-order chi connectivity index (χ1) is 10.7. The van der Waals surface area contributed by atoms with Gasteiger partial charge >= 0.3 is 0 Å². The minimum atomic E-state index is -0.0147. The van der Waals surface area contributed by atoms with Crippen molar-refractivity contribution in [3.63, 3.8) is 0 Å². The molecule has 0 aromatic heterocycles. The molecule has 1 amide bonds. The predicted octanol–water partition coefficient (Wildman–Crippen LogP) is 3.84. The van der Waals surface area contributed by atoms with Crippen LogP contribution in [0.25, 0.3) is 0 Å². The Hall–Kier alpha value is -1.35. The number of hydrogen-bond donors (Lipinski definition) is 1. The van der Waals surface area contributed by atoms with Gasteiger partial charge in [-0.3, -0.25) is 9.69 Å². The highest BCUT2D eigenvalue weighted by Crippen LogP contribution is 2.25. The number of carbonyl (C=O) groups is 1. The topological polar surface area (TPSA) is 32.3 Å². The number of carbonyl (C=O) groups excluding carboxylic acids is 1. The third-order valence-electron chi connectivity index (χ3n) is 4.63. The van der Waals surface area contributed by atoms with Gasteiger partial charge in [0.2, 0.25) is 0 Å². The van der Waals surface area contributed by atoms with Crippen molar-refractivity contribution in [3.8, 4) is 0 Å². The van der Waals surface area contributed by atoms with Crippen LogP contribution in [-0.4, -0.2) is 30.9 Å². The molecule has 1 aliphatic carbocycles. The molecule has 2 rings (SSSR count). The summed E-state index contributed by atoms with van der Waals surface area (Å²) in [6, 6.07) is 8.04. The Morgan fingerprint density at radius 1 is 1.18 bits per heavy atom. The zero-order valence-corrected chi connectivity index (χ0v) is 14.1. The number of nitrogens with zero attached hydrogens (tertiary/aromatic N) is 1. The van der Waals surface area contributed by atoms with E-state index < -0.39 is 0 Å². The SMILES string of the molecule is CCCN(Cc1ccc(C(=O)NC)cc1)CC1CCCCC1. The summed E-state index contributed by atoms with van der Waals surface area (Å²) in [5.41, 5.74) is 2.04. The van der Waals surface area contributed by atoms with Crippen molar-refractivity contribution in [1.29, 1.82) is 0 Å². The van der Waals surface area contributed by atoms with Crippen LogP contribution in [0.15, 0.2) is 24.3 Å². The van der Waals surface area contributed by atoms with Crippen LogP contribution in [0, 0.1) is 5.92 Å². The standard InChI is InChI=1S/C19H30N2O/c1-3-13-21(14-16-7-5-4-6-8-16)15-17-9-11-18(12-10-17)19(22)20-2/h9-12,16H,3-8,13-15H2,1-2H3,(H,20,22). The van der Waals surface area contributed by atoms with Crippen LogP contribution >= 0.6 is 0 Å². The molecule has 22 heavy (non-hydrogen) atoms. The number of hydrogen-bond acceptors (Lipinski definition) is 2. The average Bonchev–Trinajstić information content (AvgIpc) is 2.56. The minimum Gasteiger partial charge on any atom is -0.355 e. The van der Waals surface area contributed by atoms with Gasteiger partial charge in [-0.25, -0.2) is 0 Å². The molecule has 0 spiro atoms. The monoisotopic (exact) mass is 302 g/mol. The van der Waals surface area contributed by atoms with Crippen molar-refractivity contribution in [2.45, 2.75) is 52.0 Å². The van der Waals surface area contributed by atoms with E-state index in [0.717, 1.165) is 24.6 Å². The summed E-state index contributed by atoms with van der Waals surface area (Å²) in [7, 11) is 1.67. The molecule has 0 heterocycles. The molecule has 0 aliphatic heterocycles. The third-order valence-corrected chi connectivity index (χ3v) is 4.63. The van der Waals surface area contributed by atoms with E-state index in [2.05, 4.69) is 29.3 Å². The second-order valence-electron chi connectivity index (χ2n) is 6.52. The zero-order valence-electron chi connectivity index (χ0n) is 14.1. The van der Waals surface area contributed by atoms with Gasteiger partial charge in [0.15, 0.2) is 0 Å². The van der Waals surface area contributed by atoms with Crippen LogP contribution in [0.1, 0.15) is 61.4 Å². The van der Waals surface area contributed by atoms with E-state index in [1.807, 2.05) is 12.1 Å². The van der Waals surface area contributed by atoms with Crippen LogP contribution in [0.2, 0.25) is 0 Å². The van der Waals surface area contributed by atoms with Crippen LogP contribution in [0.4, 0.5) is 0 Å². The van der Waals surface area contributed by atoms with Gasteiger partial charge in [0.1, 0.15) is 0 Å². The van der Waals surface area contributed by atoms with E-state index >= 15 is 0 Å². The lowest BCUT2D eigenvalue weighted by Gasteiger charge is -2.29. The molecular formula is C19H30N2O. The Labute approximate surface area is 135 Å². The fourth-order valence-electron chi connectivity index (χ4n) is 3.45. The normalized spacial score (nSPS) is 16.0. The first kappa shape index (κ1) is 17.0. The zero-order chi connectivity index (χ0) is 15.8. The molecule has 1 aromatic rings. The molecule has 0 atom stereocenters. The molecule has 3 heteroatoms. The lowest BCUT2D eigenvalue weighted by molar-refractivity contribution is 0.0963. The highest BCUT2D eigenvalue weighted by molar-refractivity contribution is 5.93. The Balaban J connectivity index is 1.93. The van der Waals surface area contributed by atoms with Gasteiger partial charge in [-0.15, -0.1) is 0 Å². The smallest absolute Gasteiger partial charge is 0.251 e. The summed E-state index contributed by atoms with van der Waals surface area (Å²) in [6.07, 6.45) is 8.23. The number of benzene rings is 1. The van der Waals surface area contributed by atoms with Crippen molar-refractivity contribution in [3.05, 3.63) is 35.4 Å². The van der Waals surface area contributed by atoms with Crippen LogP contribution < -0.4 is 5.32 Å². The number of amides is 1. The molecule has 0 saturated heterocycles. The third kappa shape index (κ3) is 5.13. The van der Waals surface area contributed by atoms with Gasteiger partial charge in [-0.2, -0.15) is 0 Å². The molecule has 3 nitrogen and oxygen atoms in total. The van der Waals surface area contributed by atoms with E-state index in [-0.39, 0.29) is 5.91 Å². The fourth-order valence-corrected chi connectivity index (χ4v) is 3.45. The summed E-state index contributed by atoms with van der Waals surface area (Å²) < 4.78 is 0. The molecule has 1 aliphatic rings. The highest BCUT2D eigenvalue weighted by Gasteiger charge is 2.17. The van der Waals surface area contributed by atoms with Gasteiger partial charge in [0, 0.05) is 25.7 Å². The van der Waals surface area contributed by atoms with E-state index in [0.29, 0.717) is 0 Å². The summed E-state index contributed by atoms with van der Waals surface area (Å²) in [5.74, 6) is 0.865. The van der Waals surface area contributed by atoms with Crippen molar-refractivity contribution in [2.75, 3.05) is 20.1 Å². The maximum Gasteiger partial charge on any atom is 0.251 e. The first-order valence-electron chi connectivity index (χ1n) is 8.76. The van der Waals surface area contributed by atoms with Crippen molar-refractivity contribution < 1.29 is 4.79 Å². The highest BCUT2D eigenvalue weighted by atomic mass is 16.1. The molecule has 1 aromatic carbocycles. The molecule has 1 saturated carbocycles. The summed E-state index contributed by atoms with van der Waals surface area (Å²) in [4.78, 5) is 14.2. The maximum atomic E-state index is 11.6. The van der Waals surface area contributed by atoms with Crippen molar-refractivity contribution in [1.82, 2.24) is 10.2 Å². The Morgan fingerprint density at radius 2 is 1.86 bits per heavy atom. The number of nitrogens with one attached hydrogen (secondary N) is 1. The van der Waals surface area contributed by atoms with Crippen molar-refractivity contribution >= 4 is 5.91 Å².